The van der Waals surface area contributed by atoms with Crippen molar-refractivity contribution in [3.63, 3.8) is 0 Å². The van der Waals surface area contributed by atoms with Crippen LogP contribution in [0.3, 0.4) is 0 Å². The first-order valence-electron chi connectivity index (χ1n) is 10.9. The zero-order chi connectivity index (χ0) is 24.0. The van der Waals surface area contributed by atoms with Gasteiger partial charge in [0.1, 0.15) is 0 Å². The van der Waals surface area contributed by atoms with Gasteiger partial charge >= 0.3 is 0 Å². The highest BCUT2D eigenvalue weighted by atomic mass is 16.2. The van der Waals surface area contributed by atoms with Crippen LogP contribution in [0.2, 0.25) is 0 Å². The van der Waals surface area contributed by atoms with Gasteiger partial charge in [-0.25, -0.2) is 0 Å². The van der Waals surface area contributed by atoms with Crippen LogP contribution < -0.4 is 0 Å². The van der Waals surface area contributed by atoms with Gasteiger partial charge in [0, 0.05) is 28.7 Å². The third-order valence-electron chi connectivity index (χ3n) is 5.79. The van der Waals surface area contributed by atoms with Crippen LogP contribution in [0.25, 0.3) is 0 Å². The highest BCUT2D eigenvalue weighted by molar-refractivity contribution is 6.37. The molecule has 0 atom stereocenters. The third kappa shape index (κ3) is 4.39. The van der Waals surface area contributed by atoms with Gasteiger partial charge in [0.15, 0.2) is 28.5 Å². The van der Waals surface area contributed by atoms with Crippen molar-refractivity contribution in [1.82, 2.24) is 0 Å². The third-order valence-corrected chi connectivity index (χ3v) is 5.79. The fourth-order valence-corrected chi connectivity index (χ4v) is 4.02. The minimum Gasteiger partial charge on any atom is -0.294 e. The van der Waals surface area contributed by atoms with E-state index in [1.165, 1.54) is 0 Å². The van der Waals surface area contributed by atoms with Crippen molar-refractivity contribution < 1.29 is 19.2 Å². The van der Waals surface area contributed by atoms with Crippen LogP contribution in [-0.2, 0) is 0 Å². The Labute approximate surface area is 197 Å². The summed E-state index contributed by atoms with van der Waals surface area (Å²) in [4.78, 5) is 55.6. The molecule has 0 aliphatic heterocycles. The molecule has 0 amide bonds. The van der Waals surface area contributed by atoms with Gasteiger partial charge in [-0.1, -0.05) is 121 Å². The number of carbonyl (C=O) groups is 4. The van der Waals surface area contributed by atoms with Gasteiger partial charge in [-0.05, 0) is 0 Å². The van der Waals surface area contributed by atoms with E-state index < -0.39 is 35.0 Å². The molecule has 0 aliphatic rings. The second-order valence-corrected chi connectivity index (χ2v) is 7.96. The lowest BCUT2D eigenvalue weighted by Gasteiger charge is -2.29. The molecule has 0 saturated carbocycles. The fraction of sp³-hybridized carbons (Fsp3) is 0.0667. The summed E-state index contributed by atoms with van der Waals surface area (Å²) < 4.78 is 0. The molecule has 4 nitrogen and oxygen atoms in total. The lowest BCUT2D eigenvalue weighted by molar-refractivity contribution is 0.0550. The van der Waals surface area contributed by atoms with Gasteiger partial charge in [-0.15, -0.1) is 0 Å². The Morgan fingerprint density at radius 2 is 0.676 bits per heavy atom. The van der Waals surface area contributed by atoms with Crippen molar-refractivity contribution >= 4 is 23.1 Å². The smallest absolute Gasteiger partial charge is 0.185 e. The molecule has 0 aliphatic carbocycles. The molecule has 0 spiro atoms. The predicted molar refractivity (Wildman–Crippen MR) is 130 cm³/mol. The summed E-state index contributed by atoms with van der Waals surface area (Å²) in [5, 5.41) is 0. The fourth-order valence-electron chi connectivity index (χ4n) is 4.02. The van der Waals surface area contributed by atoms with Crippen LogP contribution in [0.4, 0.5) is 0 Å². The van der Waals surface area contributed by atoms with E-state index in [0.29, 0.717) is 5.56 Å². The molecule has 0 bridgehead atoms. The standard InChI is InChI=1S/C30H22O4/c31-26(22-13-5-1-6-14-22)21-30(27(32)23-15-7-2-8-16-23,28(33)24-17-9-3-10-18-24)29(34)25-19-11-4-12-20-25/h1-20H,21H2. The lowest BCUT2D eigenvalue weighted by atomic mass is 9.66. The maximum absolute atomic E-state index is 14.1. The molecule has 34 heavy (non-hydrogen) atoms. The first kappa shape index (κ1) is 22.7. The van der Waals surface area contributed by atoms with Crippen LogP contribution in [-0.4, -0.2) is 23.1 Å². The van der Waals surface area contributed by atoms with Crippen molar-refractivity contribution in [2.45, 2.75) is 6.42 Å². The first-order valence-corrected chi connectivity index (χ1v) is 10.9. The molecule has 0 N–H and O–H groups in total. The molecule has 0 fully saturated rings. The summed E-state index contributed by atoms with van der Waals surface area (Å²) in [6.07, 6.45) is -0.577. The highest BCUT2D eigenvalue weighted by Gasteiger charge is 2.54. The zero-order valence-electron chi connectivity index (χ0n) is 18.4. The minimum atomic E-state index is -2.25. The number of Topliss-reactive ketones (excluding diaryl/α,β-unsaturated/α-hetero) is 4. The number of carbonyl (C=O) groups excluding carboxylic acids is 4. The molecule has 4 aromatic rings. The van der Waals surface area contributed by atoms with Gasteiger partial charge in [-0.2, -0.15) is 0 Å². The van der Waals surface area contributed by atoms with E-state index in [2.05, 4.69) is 0 Å². The number of hydrogen-bond donors (Lipinski definition) is 0. The Morgan fingerprint density at radius 3 is 0.971 bits per heavy atom. The Morgan fingerprint density at radius 1 is 0.412 bits per heavy atom. The van der Waals surface area contributed by atoms with Gasteiger partial charge in [0.25, 0.3) is 0 Å². The van der Waals surface area contributed by atoms with Crippen LogP contribution in [0.1, 0.15) is 47.9 Å². The van der Waals surface area contributed by atoms with E-state index in [0.717, 1.165) is 0 Å². The molecule has 166 valence electrons. The molecule has 4 aromatic carbocycles. The molecule has 0 aromatic heterocycles. The molecular formula is C30H22O4. The number of rotatable bonds is 9. The average molecular weight is 447 g/mol. The van der Waals surface area contributed by atoms with Crippen molar-refractivity contribution in [3.8, 4) is 0 Å². The average Bonchev–Trinajstić information content (AvgIpc) is 2.92. The predicted octanol–water partition coefficient (Wildman–Crippen LogP) is 5.89. The second kappa shape index (κ2) is 10.0. The molecule has 0 heterocycles. The van der Waals surface area contributed by atoms with Crippen LogP contribution in [0.5, 0.6) is 0 Å². The van der Waals surface area contributed by atoms with Gasteiger partial charge in [0.2, 0.25) is 0 Å². The molecule has 0 unspecified atom stereocenters. The summed E-state index contributed by atoms with van der Waals surface area (Å²) in [6, 6.07) is 32.9. The number of hydrogen-bond acceptors (Lipinski definition) is 4. The van der Waals surface area contributed by atoms with Crippen LogP contribution in [0, 0.1) is 5.41 Å². The van der Waals surface area contributed by atoms with Crippen molar-refractivity contribution in [2.24, 2.45) is 5.41 Å². The van der Waals surface area contributed by atoms with E-state index in [1.807, 2.05) is 0 Å². The lowest BCUT2D eigenvalue weighted by Crippen LogP contribution is -2.48. The van der Waals surface area contributed by atoms with E-state index in [1.54, 1.807) is 121 Å². The number of ketones is 4. The molecule has 0 saturated heterocycles. The van der Waals surface area contributed by atoms with Gasteiger partial charge in [0.05, 0.1) is 0 Å². The molecular weight excluding hydrogens is 424 g/mol. The SMILES string of the molecule is O=C(CC(C(=O)c1ccccc1)(C(=O)c1ccccc1)C(=O)c1ccccc1)c1ccccc1. The Hall–Kier alpha value is -4.44. The first-order chi connectivity index (χ1) is 16.5. The zero-order valence-corrected chi connectivity index (χ0v) is 18.4. The highest BCUT2D eigenvalue weighted by Crippen LogP contribution is 2.37. The van der Waals surface area contributed by atoms with Crippen molar-refractivity contribution in [1.29, 1.82) is 0 Å². The second-order valence-electron chi connectivity index (χ2n) is 7.96. The largest absolute Gasteiger partial charge is 0.294 e. The normalized spacial score (nSPS) is 10.9. The minimum absolute atomic E-state index is 0.192. The topological polar surface area (TPSA) is 68.3 Å². The quantitative estimate of drug-likeness (QED) is 0.237. The number of benzene rings is 4. The summed E-state index contributed by atoms with van der Waals surface area (Å²) in [7, 11) is 0. The summed E-state index contributed by atoms with van der Waals surface area (Å²) in [5.74, 6) is -2.54. The maximum Gasteiger partial charge on any atom is 0.185 e. The van der Waals surface area contributed by atoms with Gasteiger partial charge < -0.3 is 0 Å². The molecule has 4 heteroatoms. The van der Waals surface area contributed by atoms with Crippen molar-refractivity contribution in [2.75, 3.05) is 0 Å². The Balaban J connectivity index is 1.95. The monoisotopic (exact) mass is 446 g/mol. The van der Waals surface area contributed by atoms with Crippen LogP contribution >= 0.6 is 0 Å². The van der Waals surface area contributed by atoms with E-state index in [-0.39, 0.29) is 16.7 Å². The maximum atomic E-state index is 14.1. The molecule has 4 rings (SSSR count). The summed E-state index contributed by atoms with van der Waals surface area (Å²) >= 11 is 0. The van der Waals surface area contributed by atoms with E-state index in [4.69, 9.17) is 0 Å². The van der Waals surface area contributed by atoms with Crippen molar-refractivity contribution in [3.05, 3.63) is 144 Å². The van der Waals surface area contributed by atoms with E-state index in [9.17, 15) is 19.2 Å². The summed E-state index contributed by atoms with van der Waals surface area (Å²) in [5.41, 5.74) is -1.35. The van der Waals surface area contributed by atoms with Crippen LogP contribution in [0.15, 0.2) is 121 Å². The van der Waals surface area contributed by atoms with Gasteiger partial charge in [-0.3, -0.25) is 19.2 Å². The molecule has 0 radical (unpaired) electrons. The Kier molecular flexibility index (Phi) is 6.69. The summed E-state index contributed by atoms with van der Waals surface area (Å²) in [6.45, 7) is 0. The Bertz CT molecular complexity index is 1190. The van der Waals surface area contributed by atoms with E-state index >= 15 is 0 Å².